The van der Waals surface area contributed by atoms with Gasteiger partial charge in [-0.25, -0.2) is 9.97 Å². The molecule has 0 radical (unpaired) electrons. The summed E-state index contributed by atoms with van der Waals surface area (Å²) in [5.41, 5.74) is 0.347. The number of ether oxygens (including phenoxy) is 1. The number of hydrogen-bond donors (Lipinski definition) is 0. The standard InChI is InChI=1S/C10H12N4O/c1-8-7-14(2-3-15-8)10-6-12-9(4-11)5-13-10/h5-6,8H,2-3,7H2,1H3. The van der Waals surface area contributed by atoms with Crippen molar-refractivity contribution >= 4 is 5.82 Å². The molecule has 0 bridgehead atoms. The van der Waals surface area contributed by atoms with Gasteiger partial charge in [-0.2, -0.15) is 5.26 Å². The Labute approximate surface area is 88.3 Å². The van der Waals surface area contributed by atoms with E-state index in [1.54, 1.807) is 6.20 Å². The lowest BCUT2D eigenvalue weighted by molar-refractivity contribution is 0.0529. The zero-order valence-electron chi connectivity index (χ0n) is 8.55. The molecule has 2 rings (SSSR count). The monoisotopic (exact) mass is 204 g/mol. The van der Waals surface area contributed by atoms with Gasteiger partial charge in [0.2, 0.25) is 0 Å². The van der Waals surface area contributed by atoms with Crippen molar-refractivity contribution in [2.24, 2.45) is 0 Å². The van der Waals surface area contributed by atoms with Gasteiger partial charge in [0.05, 0.1) is 25.1 Å². The zero-order valence-corrected chi connectivity index (χ0v) is 8.55. The maximum Gasteiger partial charge on any atom is 0.158 e. The van der Waals surface area contributed by atoms with Crippen LogP contribution in [0.4, 0.5) is 5.82 Å². The lowest BCUT2D eigenvalue weighted by atomic mass is 10.3. The van der Waals surface area contributed by atoms with E-state index in [2.05, 4.69) is 14.9 Å². The topological polar surface area (TPSA) is 62.0 Å². The van der Waals surface area contributed by atoms with E-state index in [-0.39, 0.29) is 6.10 Å². The van der Waals surface area contributed by atoms with Crippen LogP contribution in [-0.2, 0) is 4.74 Å². The number of nitriles is 1. The molecular weight excluding hydrogens is 192 g/mol. The highest BCUT2D eigenvalue weighted by Crippen LogP contribution is 2.13. The number of morpholine rings is 1. The van der Waals surface area contributed by atoms with E-state index in [1.165, 1.54) is 6.20 Å². The van der Waals surface area contributed by atoms with Crippen molar-refractivity contribution in [2.45, 2.75) is 13.0 Å². The van der Waals surface area contributed by atoms with Crippen LogP contribution in [0.15, 0.2) is 12.4 Å². The summed E-state index contributed by atoms with van der Waals surface area (Å²) in [6.07, 6.45) is 3.35. The van der Waals surface area contributed by atoms with Crippen LogP contribution in [0.25, 0.3) is 0 Å². The van der Waals surface area contributed by atoms with Crippen molar-refractivity contribution < 1.29 is 4.74 Å². The molecular formula is C10H12N4O. The van der Waals surface area contributed by atoms with Crippen molar-refractivity contribution in [1.82, 2.24) is 9.97 Å². The van der Waals surface area contributed by atoms with E-state index in [1.807, 2.05) is 13.0 Å². The lowest BCUT2D eigenvalue weighted by Crippen LogP contribution is -2.41. The molecule has 1 atom stereocenters. The normalized spacial score (nSPS) is 21.1. The molecule has 1 unspecified atom stereocenters. The Hall–Kier alpha value is -1.67. The zero-order chi connectivity index (χ0) is 10.7. The number of anilines is 1. The summed E-state index contributed by atoms with van der Waals surface area (Å²) >= 11 is 0. The fourth-order valence-corrected chi connectivity index (χ4v) is 1.57. The quantitative estimate of drug-likeness (QED) is 0.669. The molecule has 78 valence electrons. The molecule has 0 amide bonds. The summed E-state index contributed by atoms with van der Waals surface area (Å²) in [5.74, 6) is 0.809. The number of hydrogen-bond acceptors (Lipinski definition) is 5. The molecule has 1 aromatic rings. The summed E-state index contributed by atoms with van der Waals surface area (Å²) < 4.78 is 5.43. The van der Waals surface area contributed by atoms with Crippen molar-refractivity contribution in [3.63, 3.8) is 0 Å². The largest absolute Gasteiger partial charge is 0.375 e. The van der Waals surface area contributed by atoms with E-state index >= 15 is 0 Å². The molecule has 0 N–H and O–H groups in total. The Kier molecular flexibility index (Phi) is 2.79. The van der Waals surface area contributed by atoms with Gasteiger partial charge in [0.15, 0.2) is 5.69 Å². The Morgan fingerprint density at radius 2 is 2.40 bits per heavy atom. The molecule has 15 heavy (non-hydrogen) atoms. The highest BCUT2D eigenvalue weighted by Gasteiger charge is 2.17. The first-order chi connectivity index (χ1) is 7.29. The summed E-state index contributed by atoms with van der Waals surface area (Å²) in [7, 11) is 0. The predicted molar refractivity (Wildman–Crippen MR) is 54.4 cm³/mol. The van der Waals surface area contributed by atoms with Gasteiger partial charge in [-0.05, 0) is 6.92 Å². The molecule has 1 saturated heterocycles. The minimum atomic E-state index is 0.219. The Morgan fingerprint density at radius 1 is 1.53 bits per heavy atom. The summed E-state index contributed by atoms with van der Waals surface area (Å²) in [6, 6.07) is 1.95. The van der Waals surface area contributed by atoms with Gasteiger partial charge in [0.1, 0.15) is 11.9 Å². The number of aromatic nitrogens is 2. The van der Waals surface area contributed by atoms with Crippen molar-refractivity contribution in [3.05, 3.63) is 18.1 Å². The van der Waals surface area contributed by atoms with Gasteiger partial charge in [0, 0.05) is 13.1 Å². The van der Waals surface area contributed by atoms with Crippen LogP contribution in [-0.4, -0.2) is 35.8 Å². The molecule has 0 aromatic carbocycles. The van der Waals surface area contributed by atoms with Crippen molar-refractivity contribution in [3.8, 4) is 6.07 Å². The van der Waals surface area contributed by atoms with Gasteiger partial charge in [-0.3, -0.25) is 0 Å². The third-order valence-corrected chi connectivity index (χ3v) is 2.32. The van der Waals surface area contributed by atoms with Gasteiger partial charge in [-0.15, -0.1) is 0 Å². The molecule has 1 fully saturated rings. The van der Waals surface area contributed by atoms with Crippen LogP contribution in [0.3, 0.4) is 0 Å². The van der Waals surface area contributed by atoms with E-state index in [0.29, 0.717) is 12.3 Å². The van der Waals surface area contributed by atoms with Gasteiger partial charge >= 0.3 is 0 Å². The van der Waals surface area contributed by atoms with Crippen molar-refractivity contribution in [2.75, 3.05) is 24.6 Å². The molecule has 0 saturated carbocycles. The lowest BCUT2D eigenvalue weighted by Gasteiger charge is -2.31. The maximum absolute atomic E-state index is 8.59. The van der Waals surface area contributed by atoms with Crippen LogP contribution in [0, 0.1) is 11.3 Å². The van der Waals surface area contributed by atoms with Gasteiger partial charge in [0.25, 0.3) is 0 Å². The molecule has 1 aromatic heterocycles. The van der Waals surface area contributed by atoms with E-state index < -0.39 is 0 Å². The molecule has 1 aliphatic rings. The molecule has 5 nitrogen and oxygen atoms in total. The first kappa shape index (κ1) is 9.87. The van der Waals surface area contributed by atoms with Crippen LogP contribution in [0.2, 0.25) is 0 Å². The Balaban J connectivity index is 2.12. The van der Waals surface area contributed by atoms with E-state index in [0.717, 1.165) is 18.9 Å². The fraction of sp³-hybridized carbons (Fsp3) is 0.500. The number of rotatable bonds is 1. The van der Waals surface area contributed by atoms with Crippen LogP contribution >= 0.6 is 0 Å². The summed E-state index contributed by atoms with van der Waals surface area (Å²) in [5, 5.41) is 8.59. The molecule has 0 spiro atoms. The van der Waals surface area contributed by atoms with Gasteiger partial charge < -0.3 is 9.64 Å². The third-order valence-electron chi connectivity index (χ3n) is 2.32. The molecule has 2 heterocycles. The highest BCUT2D eigenvalue weighted by atomic mass is 16.5. The molecule has 0 aliphatic carbocycles. The van der Waals surface area contributed by atoms with Crippen LogP contribution in [0.5, 0.6) is 0 Å². The van der Waals surface area contributed by atoms with Crippen molar-refractivity contribution in [1.29, 1.82) is 5.26 Å². The average molecular weight is 204 g/mol. The smallest absolute Gasteiger partial charge is 0.158 e. The summed E-state index contributed by atoms with van der Waals surface area (Å²) in [6.45, 7) is 4.39. The second-order valence-corrected chi connectivity index (χ2v) is 3.50. The van der Waals surface area contributed by atoms with Crippen LogP contribution in [0.1, 0.15) is 12.6 Å². The highest BCUT2D eigenvalue weighted by molar-refractivity contribution is 5.37. The second kappa shape index (κ2) is 4.24. The summed E-state index contributed by atoms with van der Waals surface area (Å²) in [4.78, 5) is 10.3. The minimum absolute atomic E-state index is 0.219. The fourth-order valence-electron chi connectivity index (χ4n) is 1.57. The van der Waals surface area contributed by atoms with Gasteiger partial charge in [-0.1, -0.05) is 0 Å². The third kappa shape index (κ3) is 2.22. The molecule has 1 aliphatic heterocycles. The number of nitrogens with zero attached hydrogens (tertiary/aromatic N) is 4. The Bertz CT molecular complexity index is 370. The van der Waals surface area contributed by atoms with E-state index in [9.17, 15) is 0 Å². The SMILES string of the molecule is CC1CN(c2cnc(C#N)cn2)CCO1. The molecule has 5 heteroatoms. The predicted octanol–water partition coefficient (Wildman–Crippen LogP) is 0.573. The maximum atomic E-state index is 8.59. The van der Waals surface area contributed by atoms with Crippen LogP contribution < -0.4 is 4.90 Å². The van der Waals surface area contributed by atoms with E-state index in [4.69, 9.17) is 10.00 Å². The first-order valence-corrected chi connectivity index (χ1v) is 4.88. The second-order valence-electron chi connectivity index (χ2n) is 3.50. The average Bonchev–Trinajstić information content (AvgIpc) is 2.29. The Morgan fingerprint density at radius 3 is 3.00 bits per heavy atom. The minimum Gasteiger partial charge on any atom is -0.375 e. The first-order valence-electron chi connectivity index (χ1n) is 4.88.